The standard InChI is InChI=1S/C16H15F2NO4/c1-2-9-21-12-5-3-11(4-6-12)15(20)22-13-7-8-14(19-10-13)23-16(17)18/h3-8,10,16H,2,9H2,1H3. The van der Waals surface area contributed by atoms with Crippen LogP contribution in [0.4, 0.5) is 8.78 Å². The number of esters is 1. The number of alkyl halides is 2. The van der Waals surface area contributed by atoms with Crippen molar-refractivity contribution in [2.75, 3.05) is 6.61 Å². The Balaban J connectivity index is 1.95. The molecule has 7 heteroatoms. The first-order valence-electron chi connectivity index (χ1n) is 6.94. The van der Waals surface area contributed by atoms with Crippen molar-refractivity contribution in [3.05, 3.63) is 48.2 Å². The first-order valence-corrected chi connectivity index (χ1v) is 6.94. The van der Waals surface area contributed by atoms with Gasteiger partial charge < -0.3 is 14.2 Å². The second kappa shape index (κ2) is 8.07. The fraction of sp³-hybridized carbons (Fsp3) is 0.250. The fourth-order valence-electron chi connectivity index (χ4n) is 1.66. The van der Waals surface area contributed by atoms with E-state index in [0.29, 0.717) is 17.9 Å². The van der Waals surface area contributed by atoms with E-state index in [9.17, 15) is 13.6 Å². The van der Waals surface area contributed by atoms with Crippen LogP contribution in [0, 0.1) is 0 Å². The SMILES string of the molecule is CCCOc1ccc(C(=O)Oc2ccc(OC(F)F)nc2)cc1. The number of rotatable bonds is 7. The maximum atomic E-state index is 12.0. The number of halogens is 2. The zero-order chi connectivity index (χ0) is 16.7. The molecule has 2 rings (SSSR count). The number of aromatic nitrogens is 1. The van der Waals surface area contributed by atoms with Crippen molar-refractivity contribution < 1.29 is 27.8 Å². The Labute approximate surface area is 131 Å². The van der Waals surface area contributed by atoms with Crippen molar-refractivity contribution in [1.82, 2.24) is 4.98 Å². The van der Waals surface area contributed by atoms with E-state index in [4.69, 9.17) is 9.47 Å². The summed E-state index contributed by atoms with van der Waals surface area (Å²) in [7, 11) is 0. The third-order valence-electron chi connectivity index (χ3n) is 2.69. The van der Waals surface area contributed by atoms with Gasteiger partial charge in [-0.2, -0.15) is 8.78 Å². The highest BCUT2D eigenvalue weighted by Gasteiger charge is 2.10. The minimum absolute atomic E-state index is 0.128. The monoisotopic (exact) mass is 323 g/mol. The van der Waals surface area contributed by atoms with Gasteiger partial charge in [0.1, 0.15) is 11.5 Å². The number of carbonyl (C=O) groups excluding carboxylic acids is 1. The molecule has 1 aromatic carbocycles. The van der Waals surface area contributed by atoms with Crippen molar-refractivity contribution >= 4 is 5.97 Å². The summed E-state index contributed by atoms with van der Waals surface area (Å²) in [5.74, 6) is -0.0462. The van der Waals surface area contributed by atoms with Crippen LogP contribution in [-0.4, -0.2) is 24.2 Å². The van der Waals surface area contributed by atoms with Gasteiger partial charge in [0, 0.05) is 6.07 Å². The Morgan fingerprint density at radius 3 is 2.39 bits per heavy atom. The molecule has 1 aromatic heterocycles. The van der Waals surface area contributed by atoms with Gasteiger partial charge in [0.05, 0.1) is 18.4 Å². The molecular formula is C16H15F2NO4. The van der Waals surface area contributed by atoms with Crippen molar-refractivity contribution in [3.8, 4) is 17.4 Å². The highest BCUT2D eigenvalue weighted by atomic mass is 19.3. The molecule has 0 aliphatic carbocycles. The molecule has 0 spiro atoms. The molecular weight excluding hydrogens is 308 g/mol. The van der Waals surface area contributed by atoms with E-state index in [1.165, 1.54) is 12.1 Å². The lowest BCUT2D eigenvalue weighted by Crippen LogP contribution is -2.09. The Bertz CT molecular complexity index is 630. The molecule has 0 atom stereocenters. The van der Waals surface area contributed by atoms with E-state index in [1.807, 2.05) is 6.92 Å². The van der Waals surface area contributed by atoms with E-state index in [2.05, 4.69) is 9.72 Å². The van der Waals surface area contributed by atoms with Gasteiger partial charge in [0.2, 0.25) is 5.88 Å². The number of pyridine rings is 1. The maximum absolute atomic E-state index is 12.0. The number of benzene rings is 1. The summed E-state index contributed by atoms with van der Waals surface area (Å²) in [6.45, 7) is -0.357. The summed E-state index contributed by atoms with van der Waals surface area (Å²) in [6, 6.07) is 9.01. The van der Waals surface area contributed by atoms with Crippen LogP contribution in [-0.2, 0) is 0 Å². The number of nitrogens with zero attached hydrogens (tertiary/aromatic N) is 1. The molecule has 5 nitrogen and oxygen atoms in total. The maximum Gasteiger partial charge on any atom is 0.388 e. The van der Waals surface area contributed by atoms with Crippen LogP contribution in [0.25, 0.3) is 0 Å². The molecule has 23 heavy (non-hydrogen) atoms. The molecule has 1 heterocycles. The van der Waals surface area contributed by atoms with E-state index in [0.717, 1.165) is 12.6 Å². The quantitative estimate of drug-likeness (QED) is 0.727. The topological polar surface area (TPSA) is 57.7 Å². The Morgan fingerprint density at radius 1 is 1.13 bits per heavy atom. The lowest BCUT2D eigenvalue weighted by atomic mass is 10.2. The summed E-state index contributed by atoms with van der Waals surface area (Å²) in [6.07, 6.45) is 2.02. The summed E-state index contributed by atoms with van der Waals surface area (Å²) in [4.78, 5) is 15.6. The average Bonchev–Trinajstić information content (AvgIpc) is 2.54. The van der Waals surface area contributed by atoms with E-state index < -0.39 is 12.6 Å². The highest BCUT2D eigenvalue weighted by molar-refractivity contribution is 5.91. The fourth-order valence-corrected chi connectivity index (χ4v) is 1.66. The largest absolute Gasteiger partial charge is 0.494 e. The molecule has 0 N–H and O–H groups in total. The number of ether oxygens (including phenoxy) is 3. The van der Waals surface area contributed by atoms with Crippen LogP contribution in [0.3, 0.4) is 0 Å². The Kier molecular flexibility index (Phi) is 5.85. The van der Waals surface area contributed by atoms with Gasteiger partial charge in [-0.3, -0.25) is 0 Å². The Morgan fingerprint density at radius 2 is 1.83 bits per heavy atom. The van der Waals surface area contributed by atoms with Crippen molar-refractivity contribution in [2.45, 2.75) is 20.0 Å². The molecule has 0 aliphatic rings. The number of hydrogen-bond acceptors (Lipinski definition) is 5. The number of carbonyl (C=O) groups is 1. The second-order valence-electron chi connectivity index (χ2n) is 4.47. The molecule has 0 aliphatic heterocycles. The molecule has 0 saturated carbocycles. The third-order valence-corrected chi connectivity index (χ3v) is 2.69. The van der Waals surface area contributed by atoms with Gasteiger partial charge in [0.25, 0.3) is 0 Å². The summed E-state index contributed by atoms with van der Waals surface area (Å²) in [5, 5.41) is 0. The van der Waals surface area contributed by atoms with Crippen molar-refractivity contribution in [2.24, 2.45) is 0 Å². The first-order chi connectivity index (χ1) is 11.1. The van der Waals surface area contributed by atoms with Crippen molar-refractivity contribution in [3.63, 3.8) is 0 Å². The Hall–Kier alpha value is -2.70. The molecule has 0 fully saturated rings. The van der Waals surface area contributed by atoms with Crippen LogP contribution in [0.15, 0.2) is 42.6 Å². The van der Waals surface area contributed by atoms with Crippen LogP contribution in [0.5, 0.6) is 17.4 Å². The molecule has 2 aromatic rings. The number of hydrogen-bond donors (Lipinski definition) is 0. The normalized spacial score (nSPS) is 10.4. The van der Waals surface area contributed by atoms with Crippen LogP contribution in [0.2, 0.25) is 0 Å². The van der Waals surface area contributed by atoms with Crippen LogP contribution in [0.1, 0.15) is 23.7 Å². The predicted octanol–water partition coefficient (Wildman–Crippen LogP) is 3.69. The van der Waals surface area contributed by atoms with Gasteiger partial charge in [-0.1, -0.05) is 6.92 Å². The first kappa shape index (κ1) is 16.7. The third kappa shape index (κ3) is 5.21. The lowest BCUT2D eigenvalue weighted by molar-refractivity contribution is -0.0529. The van der Waals surface area contributed by atoms with Gasteiger partial charge in [-0.05, 0) is 36.8 Å². The summed E-state index contributed by atoms with van der Waals surface area (Å²) < 4.78 is 38.6. The van der Waals surface area contributed by atoms with Crippen LogP contribution >= 0.6 is 0 Å². The molecule has 0 unspecified atom stereocenters. The molecule has 0 amide bonds. The average molecular weight is 323 g/mol. The molecule has 0 bridgehead atoms. The van der Waals surface area contributed by atoms with Gasteiger partial charge in [-0.15, -0.1) is 0 Å². The molecule has 122 valence electrons. The summed E-state index contributed by atoms with van der Waals surface area (Å²) in [5.41, 5.74) is 0.335. The van der Waals surface area contributed by atoms with Crippen molar-refractivity contribution in [1.29, 1.82) is 0 Å². The molecule has 0 saturated heterocycles. The second-order valence-corrected chi connectivity index (χ2v) is 4.47. The van der Waals surface area contributed by atoms with Crippen LogP contribution < -0.4 is 14.2 Å². The lowest BCUT2D eigenvalue weighted by Gasteiger charge is -2.07. The zero-order valence-electron chi connectivity index (χ0n) is 12.4. The summed E-state index contributed by atoms with van der Waals surface area (Å²) >= 11 is 0. The van der Waals surface area contributed by atoms with Gasteiger partial charge >= 0.3 is 12.6 Å². The highest BCUT2D eigenvalue weighted by Crippen LogP contribution is 2.18. The van der Waals surface area contributed by atoms with Gasteiger partial charge in [0.15, 0.2) is 0 Å². The van der Waals surface area contributed by atoms with E-state index >= 15 is 0 Å². The van der Waals surface area contributed by atoms with E-state index in [-0.39, 0.29) is 11.6 Å². The van der Waals surface area contributed by atoms with E-state index in [1.54, 1.807) is 24.3 Å². The molecule has 0 radical (unpaired) electrons. The van der Waals surface area contributed by atoms with Gasteiger partial charge in [-0.25, -0.2) is 9.78 Å². The minimum atomic E-state index is -2.95. The predicted molar refractivity (Wildman–Crippen MR) is 78.1 cm³/mol. The smallest absolute Gasteiger partial charge is 0.388 e. The zero-order valence-corrected chi connectivity index (χ0v) is 12.4. The minimum Gasteiger partial charge on any atom is -0.494 e.